The Bertz CT molecular complexity index is 1230. The number of H-pyrrole nitrogens is 1. The normalized spacial score (nSPS) is 11.5. The van der Waals surface area contributed by atoms with Gasteiger partial charge >= 0.3 is 0 Å². The second kappa shape index (κ2) is 7.01. The lowest BCUT2D eigenvalue weighted by atomic mass is 10.1. The van der Waals surface area contributed by atoms with Gasteiger partial charge < -0.3 is 10.1 Å². The van der Waals surface area contributed by atoms with Crippen LogP contribution in [0.3, 0.4) is 0 Å². The molecule has 3 N–H and O–H groups in total. The number of anilines is 3. The predicted octanol–water partition coefficient (Wildman–Crippen LogP) is 3.93. The third-order valence-electron chi connectivity index (χ3n) is 4.43. The van der Waals surface area contributed by atoms with Crippen molar-refractivity contribution < 1.29 is 18.1 Å². The molecule has 0 aliphatic carbocycles. The summed E-state index contributed by atoms with van der Waals surface area (Å²) in [5, 5.41) is 5.59. The first-order chi connectivity index (χ1) is 13.4. The topological polar surface area (TPSA) is 81.6 Å². The molecule has 7 heteroatoms. The van der Waals surface area contributed by atoms with Gasteiger partial charge in [-0.15, -0.1) is 0 Å². The number of aromatic amines is 1. The first-order valence-corrected chi connectivity index (χ1v) is 10.6. The molecule has 1 aromatic heterocycles. The quantitative estimate of drug-likeness (QED) is 0.503. The number of aromatic nitrogens is 1. The summed E-state index contributed by atoms with van der Waals surface area (Å²) in [5.41, 5.74) is 4.19. The van der Waals surface area contributed by atoms with E-state index < -0.39 is 10.0 Å². The molecule has 0 saturated carbocycles. The fourth-order valence-electron chi connectivity index (χ4n) is 3.24. The fourth-order valence-corrected chi connectivity index (χ4v) is 3.81. The molecule has 0 atom stereocenters. The highest BCUT2D eigenvalue weighted by Gasteiger charge is 2.15. The predicted molar refractivity (Wildman–Crippen MR) is 113 cm³/mol. The van der Waals surface area contributed by atoms with Crippen LogP contribution >= 0.6 is 0 Å². The summed E-state index contributed by atoms with van der Waals surface area (Å²) in [4.78, 5) is 3.45. The lowest BCUT2D eigenvalue weighted by Crippen LogP contribution is -2.11. The molecule has 0 bridgehead atoms. The maximum atomic E-state index is 11.6. The van der Waals surface area contributed by atoms with E-state index in [9.17, 15) is 8.42 Å². The van der Waals surface area contributed by atoms with E-state index in [2.05, 4.69) is 27.2 Å². The van der Waals surface area contributed by atoms with Crippen LogP contribution in [0, 0.1) is 0 Å². The number of benzene rings is 3. The zero-order valence-electron chi connectivity index (χ0n) is 15.5. The average Bonchev–Trinajstić information content (AvgIpc) is 2.67. The van der Waals surface area contributed by atoms with Crippen LogP contribution in [-0.2, 0) is 10.0 Å². The monoisotopic (exact) mass is 394 g/mol. The van der Waals surface area contributed by atoms with Crippen molar-refractivity contribution in [1.82, 2.24) is 0 Å². The number of ether oxygens (including phenoxy) is 1. The Hall–Kier alpha value is -3.32. The van der Waals surface area contributed by atoms with Crippen LogP contribution < -0.4 is 19.8 Å². The highest BCUT2D eigenvalue weighted by Crippen LogP contribution is 2.34. The Labute approximate surface area is 163 Å². The van der Waals surface area contributed by atoms with Gasteiger partial charge in [-0.1, -0.05) is 24.3 Å². The number of fused-ring (bicyclic) bond motifs is 2. The van der Waals surface area contributed by atoms with Crippen molar-refractivity contribution >= 4 is 48.9 Å². The third-order valence-corrected chi connectivity index (χ3v) is 5.02. The molecule has 4 aromatic rings. The van der Waals surface area contributed by atoms with Gasteiger partial charge in [0, 0.05) is 23.9 Å². The summed E-state index contributed by atoms with van der Waals surface area (Å²) >= 11 is 0. The van der Waals surface area contributed by atoms with E-state index in [0.29, 0.717) is 11.4 Å². The van der Waals surface area contributed by atoms with E-state index in [0.717, 1.165) is 39.4 Å². The van der Waals surface area contributed by atoms with Gasteiger partial charge in [0.1, 0.15) is 5.75 Å². The van der Waals surface area contributed by atoms with Crippen LogP contribution in [0.15, 0.2) is 66.7 Å². The van der Waals surface area contributed by atoms with Crippen LogP contribution in [0.4, 0.5) is 17.1 Å². The van der Waals surface area contributed by atoms with E-state index in [-0.39, 0.29) is 0 Å². The Morgan fingerprint density at radius 2 is 1.50 bits per heavy atom. The number of methoxy groups -OCH3 is 1. The minimum Gasteiger partial charge on any atom is -0.494 e. The van der Waals surface area contributed by atoms with E-state index in [4.69, 9.17) is 4.74 Å². The highest BCUT2D eigenvalue weighted by atomic mass is 32.2. The number of sulfonamides is 1. The molecule has 0 unspecified atom stereocenters. The van der Waals surface area contributed by atoms with Gasteiger partial charge in [-0.25, -0.2) is 13.4 Å². The van der Waals surface area contributed by atoms with E-state index >= 15 is 0 Å². The number of rotatable bonds is 5. The first kappa shape index (κ1) is 18.1. The summed E-state index contributed by atoms with van der Waals surface area (Å²) in [6.07, 6.45) is 1.11. The zero-order chi connectivity index (χ0) is 19.7. The van der Waals surface area contributed by atoms with Gasteiger partial charge in [-0.05, 0) is 24.3 Å². The molecule has 3 aromatic carbocycles. The standard InChI is InChI=1S/C21H19N3O3S/c1-27-20-13-14(11-12-19(20)24-28(2,25)26)22-21-15-7-3-5-9-17(15)23-18-10-6-4-8-16(18)21/h3-13,24H,1-2H3,(H,22,23)/p+1. The smallest absolute Gasteiger partial charge is 0.229 e. The molecule has 6 nitrogen and oxygen atoms in total. The molecule has 0 aliphatic heterocycles. The van der Waals surface area contributed by atoms with Crippen LogP contribution in [0.1, 0.15) is 0 Å². The Balaban J connectivity index is 1.83. The van der Waals surface area contributed by atoms with Crippen LogP contribution in [0.2, 0.25) is 0 Å². The highest BCUT2D eigenvalue weighted by molar-refractivity contribution is 7.92. The summed E-state index contributed by atoms with van der Waals surface area (Å²) in [6.45, 7) is 0. The Morgan fingerprint density at radius 1 is 0.893 bits per heavy atom. The van der Waals surface area contributed by atoms with Crippen LogP contribution in [-0.4, -0.2) is 21.8 Å². The minimum atomic E-state index is -3.39. The second-order valence-corrected chi connectivity index (χ2v) is 8.25. The molecular weight excluding hydrogens is 374 g/mol. The number of para-hydroxylation sites is 2. The van der Waals surface area contributed by atoms with Gasteiger partial charge in [0.25, 0.3) is 0 Å². The third kappa shape index (κ3) is 3.57. The minimum absolute atomic E-state index is 0.395. The van der Waals surface area contributed by atoms with Gasteiger partial charge in [0.2, 0.25) is 21.1 Å². The van der Waals surface area contributed by atoms with Crippen molar-refractivity contribution in [2.24, 2.45) is 0 Å². The molecule has 0 spiro atoms. The van der Waals surface area contributed by atoms with Gasteiger partial charge in [0.05, 0.1) is 35.5 Å². The van der Waals surface area contributed by atoms with Crippen molar-refractivity contribution in [3.05, 3.63) is 66.7 Å². The van der Waals surface area contributed by atoms with E-state index in [1.54, 1.807) is 12.1 Å². The maximum Gasteiger partial charge on any atom is 0.229 e. The molecule has 28 heavy (non-hydrogen) atoms. The van der Waals surface area contributed by atoms with Crippen molar-refractivity contribution in [2.75, 3.05) is 23.4 Å². The van der Waals surface area contributed by atoms with E-state index in [1.165, 1.54) is 7.11 Å². The van der Waals surface area contributed by atoms with Crippen molar-refractivity contribution in [1.29, 1.82) is 0 Å². The second-order valence-electron chi connectivity index (χ2n) is 6.51. The van der Waals surface area contributed by atoms with Gasteiger partial charge in [-0.2, -0.15) is 0 Å². The molecule has 0 saturated heterocycles. The zero-order valence-corrected chi connectivity index (χ0v) is 16.3. The number of hydrogen-bond acceptors (Lipinski definition) is 4. The Morgan fingerprint density at radius 3 is 2.07 bits per heavy atom. The molecule has 4 rings (SSSR count). The average molecular weight is 394 g/mol. The lowest BCUT2D eigenvalue weighted by Gasteiger charge is -2.14. The molecular formula is C21H20N3O3S+. The van der Waals surface area contributed by atoms with Gasteiger partial charge in [0.15, 0.2) is 0 Å². The lowest BCUT2D eigenvalue weighted by molar-refractivity contribution is -0.310. The first-order valence-electron chi connectivity index (χ1n) is 8.70. The summed E-state index contributed by atoms with van der Waals surface area (Å²) in [7, 11) is -1.88. The molecule has 142 valence electrons. The van der Waals surface area contributed by atoms with Crippen molar-refractivity contribution in [3.63, 3.8) is 0 Å². The molecule has 1 heterocycles. The van der Waals surface area contributed by atoms with Crippen LogP contribution in [0.25, 0.3) is 21.8 Å². The SMILES string of the molecule is COc1cc(Nc2c3ccccc3[nH+]c3ccccc23)ccc1NS(C)(=O)=O. The summed E-state index contributed by atoms with van der Waals surface area (Å²) in [5.74, 6) is 0.437. The van der Waals surface area contributed by atoms with Crippen molar-refractivity contribution in [2.45, 2.75) is 0 Å². The number of hydrogen-bond donors (Lipinski definition) is 2. The van der Waals surface area contributed by atoms with Crippen LogP contribution in [0.5, 0.6) is 5.75 Å². The number of nitrogens with one attached hydrogen (secondary N) is 3. The molecule has 0 fully saturated rings. The Kier molecular flexibility index (Phi) is 4.52. The molecule has 0 amide bonds. The number of pyridine rings is 1. The van der Waals surface area contributed by atoms with E-state index in [1.807, 2.05) is 42.5 Å². The molecule has 0 aliphatic rings. The van der Waals surface area contributed by atoms with Crippen molar-refractivity contribution in [3.8, 4) is 5.75 Å². The summed E-state index contributed by atoms with van der Waals surface area (Å²) < 4.78 is 30.9. The van der Waals surface area contributed by atoms with Gasteiger partial charge in [-0.3, -0.25) is 4.72 Å². The maximum absolute atomic E-state index is 11.6. The largest absolute Gasteiger partial charge is 0.494 e. The molecule has 0 radical (unpaired) electrons. The fraction of sp³-hybridized carbons (Fsp3) is 0.0952. The summed E-state index contributed by atoms with van der Waals surface area (Å²) in [6, 6.07) is 21.4.